The van der Waals surface area contributed by atoms with Crippen LogP contribution in [0.5, 0.6) is 0 Å². The fraction of sp³-hybridized carbons (Fsp3) is 0.545. The van der Waals surface area contributed by atoms with E-state index in [9.17, 15) is 23.6 Å². The van der Waals surface area contributed by atoms with Crippen molar-refractivity contribution < 1.29 is 23.6 Å². The van der Waals surface area contributed by atoms with E-state index in [0.29, 0.717) is 25.7 Å². The van der Waals surface area contributed by atoms with Crippen LogP contribution in [0.15, 0.2) is 24.3 Å². The van der Waals surface area contributed by atoms with E-state index in [1.54, 1.807) is 0 Å². The van der Waals surface area contributed by atoms with Gasteiger partial charge in [0.1, 0.15) is 17.4 Å². The van der Waals surface area contributed by atoms with Gasteiger partial charge in [0.2, 0.25) is 11.7 Å². The highest BCUT2D eigenvalue weighted by Gasteiger charge is 2.48. The maximum Gasteiger partial charge on any atom is 0.287 e. The average molecular weight is 417 g/mol. The summed E-state index contributed by atoms with van der Waals surface area (Å²) in [7, 11) is 0. The number of amides is 3. The van der Waals surface area contributed by atoms with E-state index in [0.717, 1.165) is 25.7 Å². The van der Waals surface area contributed by atoms with Crippen molar-refractivity contribution in [3.8, 4) is 0 Å². The first-order chi connectivity index (χ1) is 14.1. The number of halogens is 1. The Morgan fingerprint density at radius 1 is 1.03 bits per heavy atom. The summed E-state index contributed by atoms with van der Waals surface area (Å²) in [6.07, 6.45) is 5.79. The van der Waals surface area contributed by atoms with Crippen LogP contribution in [0.3, 0.4) is 0 Å². The third kappa shape index (κ3) is 4.68. The molecule has 3 rings (SSSR count). The van der Waals surface area contributed by atoms with Crippen molar-refractivity contribution in [2.45, 2.75) is 69.9 Å². The summed E-state index contributed by atoms with van der Waals surface area (Å²) >= 11 is 0. The van der Waals surface area contributed by atoms with Gasteiger partial charge in [-0.2, -0.15) is 0 Å². The maximum atomic E-state index is 13.2. The smallest absolute Gasteiger partial charge is 0.287 e. The molecule has 1 atom stereocenters. The molecule has 1 aromatic carbocycles. The van der Waals surface area contributed by atoms with Gasteiger partial charge >= 0.3 is 0 Å². The summed E-state index contributed by atoms with van der Waals surface area (Å²) in [4.78, 5) is 49.5. The number of benzene rings is 1. The Morgan fingerprint density at radius 3 is 2.13 bits per heavy atom. The molecular formula is C22H28FN3O4. The fourth-order valence-electron chi connectivity index (χ4n) is 4.48. The molecule has 0 aliphatic heterocycles. The van der Waals surface area contributed by atoms with Crippen molar-refractivity contribution >= 4 is 23.5 Å². The lowest BCUT2D eigenvalue weighted by Gasteiger charge is -2.41. The first-order valence-corrected chi connectivity index (χ1v) is 10.4. The zero-order valence-corrected chi connectivity index (χ0v) is 17.1. The van der Waals surface area contributed by atoms with Crippen molar-refractivity contribution in [3.63, 3.8) is 0 Å². The van der Waals surface area contributed by atoms with Gasteiger partial charge in [0.25, 0.3) is 11.8 Å². The molecule has 2 saturated carbocycles. The van der Waals surface area contributed by atoms with Gasteiger partial charge in [0.05, 0.1) is 0 Å². The standard InChI is InChI=1S/C22H28FN3O4/c1-21(9-2-3-10-21)13-16(25-19(29)14-5-7-15(23)8-6-14)20(30)26-22(11-4-12-22)17(27)18(24)28/h5-8,16H,2-4,9-13H2,1H3,(H2,24,28)(H,25,29)(H,26,30). The Bertz CT molecular complexity index is 842. The van der Waals surface area contributed by atoms with Crippen molar-refractivity contribution in [1.29, 1.82) is 0 Å². The number of nitrogens with one attached hydrogen (secondary N) is 2. The van der Waals surface area contributed by atoms with Crippen molar-refractivity contribution in [2.75, 3.05) is 0 Å². The number of Topliss-reactive ketones (excluding diaryl/α,β-unsaturated/α-hetero) is 1. The molecule has 1 aromatic rings. The number of ketones is 1. The number of carbonyl (C=O) groups is 4. The lowest BCUT2D eigenvalue weighted by atomic mass is 9.72. The predicted octanol–water partition coefficient (Wildman–Crippen LogP) is 1.99. The van der Waals surface area contributed by atoms with E-state index in [2.05, 4.69) is 17.6 Å². The molecular weight excluding hydrogens is 389 g/mol. The summed E-state index contributed by atoms with van der Waals surface area (Å²) in [6, 6.07) is 4.17. The molecule has 8 heteroatoms. The van der Waals surface area contributed by atoms with Crippen LogP contribution in [0.25, 0.3) is 0 Å². The zero-order valence-electron chi connectivity index (χ0n) is 17.1. The van der Waals surface area contributed by atoms with Gasteiger partial charge in [0.15, 0.2) is 0 Å². The minimum absolute atomic E-state index is 0.113. The molecule has 0 aromatic heterocycles. The fourth-order valence-corrected chi connectivity index (χ4v) is 4.48. The van der Waals surface area contributed by atoms with Gasteiger partial charge in [-0.15, -0.1) is 0 Å². The molecule has 0 bridgehead atoms. The minimum Gasteiger partial charge on any atom is -0.363 e. The molecule has 30 heavy (non-hydrogen) atoms. The summed E-state index contributed by atoms with van der Waals surface area (Å²) in [6.45, 7) is 2.08. The third-order valence-corrected chi connectivity index (χ3v) is 6.46. The molecule has 2 aliphatic rings. The van der Waals surface area contributed by atoms with Gasteiger partial charge < -0.3 is 16.4 Å². The molecule has 0 radical (unpaired) electrons. The Hall–Kier alpha value is -2.77. The molecule has 4 N–H and O–H groups in total. The van der Waals surface area contributed by atoms with Crippen LogP contribution in [-0.4, -0.2) is 35.1 Å². The van der Waals surface area contributed by atoms with E-state index >= 15 is 0 Å². The van der Waals surface area contributed by atoms with Gasteiger partial charge in [-0.1, -0.05) is 19.8 Å². The third-order valence-electron chi connectivity index (χ3n) is 6.46. The molecule has 2 aliphatic carbocycles. The maximum absolute atomic E-state index is 13.2. The van der Waals surface area contributed by atoms with Crippen LogP contribution in [0, 0.1) is 11.2 Å². The average Bonchev–Trinajstić information content (AvgIpc) is 3.10. The SMILES string of the molecule is CC1(CC(NC(=O)c2ccc(F)cc2)C(=O)NC2(C(=O)C(N)=O)CCC2)CCCC1. The Morgan fingerprint density at radius 2 is 1.63 bits per heavy atom. The van der Waals surface area contributed by atoms with E-state index in [-0.39, 0.29) is 11.0 Å². The normalized spacial score (nSPS) is 19.9. The quantitative estimate of drug-likeness (QED) is 0.561. The van der Waals surface area contributed by atoms with Crippen LogP contribution in [0.2, 0.25) is 0 Å². The summed E-state index contributed by atoms with van der Waals surface area (Å²) in [5.41, 5.74) is 4.01. The summed E-state index contributed by atoms with van der Waals surface area (Å²) in [5.74, 6) is -3.35. The van der Waals surface area contributed by atoms with Crippen LogP contribution >= 0.6 is 0 Å². The molecule has 7 nitrogen and oxygen atoms in total. The van der Waals surface area contributed by atoms with Gasteiger partial charge in [0, 0.05) is 5.56 Å². The van der Waals surface area contributed by atoms with E-state index in [1.165, 1.54) is 24.3 Å². The monoisotopic (exact) mass is 417 g/mol. The summed E-state index contributed by atoms with van der Waals surface area (Å²) in [5, 5.41) is 5.45. The minimum atomic E-state index is -1.28. The number of hydrogen-bond acceptors (Lipinski definition) is 4. The molecule has 0 saturated heterocycles. The lowest BCUT2D eigenvalue weighted by molar-refractivity contribution is -0.144. The molecule has 1 unspecified atom stereocenters. The van der Waals surface area contributed by atoms with Crippen molar-refractivity contribution in [2.24, 2.45) is 11.1 Å². The first-order valence-electron chi connectivity index (χ1n) is 10.4. The molecule has 0 spiro atoms. The highest BCUT2D eigenvalue weighted by Crippen LogP contribution is 2.41. The van der Waals surface area contributed by atoms with Gasteiger partial charge in [-0.05, 0) is 68.2 Å². The number of carbonyl (C=O) groups excluding carboxylic acids is 4. The highest BCUT2D eigenvalue weighted by atomic mass is 19.1. The van der Waals surface area contributed by atoms with Crippen molar-refractivity contribution in [1.82, 2.24) is 10.6 Å². The number of primary amides is 1. The zero-order chi connectivity index (χ0) is 21.9. The summed E-state index contributed by atoms with van der Waals surface area (Å²) < 4.78 is 13.2. The molecule has 0 heterocycles. The largest absolute Gasteiger partial charge is 0.363 e. The van der Waals surface area contributed by atoms with E-state index in [1.807, 2.05) is 0 Å². The molecule has 162 valence electrons. The lowest BCUT2D eigenvalue weighted by Crippen LogP contribution is -2.65. The predicted molar refractivity (Wildman–Crippen MR) is 108 cm³/mol. The number of rotatable bonds is 8. The van der Waals surface area contributed by atoms with Gasteiger partial charge in [-0.25, -0.2) is 4.39 Å². The second-order valence-corrected chi connectivity index (χ2v) is 8.87. The second kappa shape index (κ2) is 8.53. The highest BCUT2D eigenvalue weighted by molar-refractivity contribution is 6.39. The van der Waals surface area contributed by atoms with E-state index in [4.69, 9.17) is 5.73 Å². The molecule has 3 amide bonds. The second-order valence-electron chi connectivity index (χ2n) is 8.87. The van der Waals surface area contributed by atoms with Crippen molar-refractivity contribution in [3.05, 3.63) is 35.6 Å². The Balaban J connectivity index is 1.78. The Labute approximate surface area is 175 Å². The van der Waals surface area contributed by atoms with Crippen LogP contribution in [-0.2, 0) is 14.4 Å². The topological polar surface area (TPSA) is 118 Å². The van der Waals surface area contributed by atoms with Crippen LogP contribution in [0.1, 0.15) is 68.6 Å². The number of hydrogen-bond donors (Lipinski definition) is 3. The Kier molecular flexibility index (Phi) is 6.24. The van der Waals surface area contributed by atoms with E-state index < -0.39 is 40.9 Å². The van der Waals surface area contributed by atoms with Crippen LogP contribution < -0.4 is 16.4 Å². The van der Waals surface area contributed by atoms with Gasteiger partial charge in [-0.3, -0.25) is 19.2 Å². The van der Waals surface area contributed by atoms with Crippen LogP contribution in [0.4, 0.5) is 4.39 Å². The number of nitrogens with two attached hydrogens (primary N) is 1. The molecule has 2 fully saturated rings. The first kappa shape index (κ1) is 21.9.